The van der Waals surface area contributed by atoms with E-state index in [9.17, 15) is 15.0 Å². The van der Waals surface area contributed by atoms with Gasteiger partial charge in [0.2, 0.25) is 0 Å². The molecule has 2 N–H and O–H groups in total. The van der Waals surface area contributed by atoms with Crippen molar-refractivity contribution in [3.63, 3.8) is 0 Å². The molecule has 3 nitrogen and oxygen atoms in total. The lowest BCUT2D eigenvalue weighted by atomic mass is 9.99. The Morgan fingerprint density at radius 2 is 1.52 bits per heavy atom. The highest BCUT2D eigenvalue weighted by molar-refractivity contribution is 5.92. The molecule has 0 unspecified atom stereocenters. The van der Waals surface area contributed by atoms with Crippen LogP contribution in [0.3, 0.4) is 0 Å². The van der Waals surface area contributed by atoms with Crippen LogP contribution in [0.15, 0.2) is 42.5 Å². The van der Waals surface area contributed by atoms with E-state index in [4.69, 9.17) is 0 Å². The first-order valence-electron chi connectivity index (χ1n) is 10.5. The number of allylic oxidation sites excluding steroid dienone is 4. The van der Waals surface area contributed by atoms with Crippen molar-refractivity contribution >= 4 is 5.97 Å². The molecule has 0 aliphatic carbocycles. The summed E-state index contributed by atoms with van der Waals surface area (Å²) < 4.78 is 0. The highest BCUT2D eigenvalue weighted by Gasteiger charge is 2.14. The molecule has 0 saturated heterocycles. The number of carboxylic acid groups (broad SMARTS) is 1. The van der Waals surface area contributed by atoms with Crippen LogP contribution in [0, 0.1) is 0 Å². The molecule has 0 amide bonds. The van der Waals surface area contributed by atoms with E-state index in [1.165, 1.54) is 51.0 Å². The van der Waals surface area contributed by atoms with E-state index >= 15 is 0 Å². The Bertz CT molecular complexity index is 587. The lowest BCUT2D eigenvalue weighted by Crippen LogP contribution is -2.03. The minimum atomic E-state index is -1.05. The maximum Gasteiger partial charge on any atom is 0.339 e. The van der Waals surface area contributed by atoms with E-state index < -0.39 is 5.97 Å². The van der Waals surface area contributed by atoms with Gasteiger partial charge in [-0.05, 0) is 50.2 Å². The summed E-state index contributed by atoms with van der Waals surface area (Å²) in [4.78, 5) is 11.2. The first-order chi connectivity index (χ1) is 13.2. The summed E-state index contributed by atoms with van der Waals surface area (Å²) >= 11 is 0. The van der Waals surface area contributed by atoms with E-state index in [-0.39, 0.29) is 11.3 Å². The average Bonchev–Trinajstić information content (AvgIpc) is 2.64. The van der Waals surface area contributed by atoms with Crippen molar-refractivity contribution in [1.82, 2.24) is 0 Å². The third kappa shape index (κ3) is 10.6. The number of carbonyl (C=O) groups is 1. The second kappa shape index (κ2) is 15.1. The number of phenols is 1. The highest BCUT2D eigenvalue weighted by Crippen LogP contribution is 2.23. The molecule has 1 aromatic rings. The molecule has 27 heavy (non-hydrogen) atoms. The minimum Gasteiger partial charge on any atom is -0.507 e. The lowest BCUT2D eigenvalue weighted by molar-refractivity contribution is 0.0692. The maximum atomic E-state index is 11.2. The smallest absolute Gasteiger partial charge is 0.339 e. The van der Waals surface area contributed by atoms with Gasteiger partial charge in [0, 0.05) is 0 Å². The molecule has 0 aliphatic heterocycles. The zero-order chi connectivity index (χ0) is 19.7. The van der Waals surface area contributed by atoms with E-state index in [0.29, 0.717) is 6.42 Å². The molecular weight excluding hydrogens is 336 g/mol. The quantitative estimate of drug-likeness (QED) is 0.256. The number of aryl methyl sites for hydroxylation is 1. The van der Waals surface area contributed by atoms with E-state index in [2.05, 4.69) is 31.2 Å². The van der Waals surface area contributed by atoms with Gasteiger partial charge in [0.25, 0.3) is 0 Å². The highest BCUT2D eigenvalue weighted by atomic mass is 16.4. The molecule has 1 rings (SSSR count). The first-order valence-corrected chi connectivity index (χ1v) is 10.5. The van der Waals surface area contributed by atoms with Crippen LogP contribution in [-0.2, 0) is 6.42 Å². The van der Waals surface area contributed by atoms with Crippen LogP contribution in [0.25, 0.3) is 0 Å². The fraction of sp³-hybridized carbons (Fsp3) is 0.542. The standard InChI is InChI=1S/C24H36O3/c1-2-3-4-5-6-7-8-9-10-11-12-13-14-15-16-18-21-19-17-20-22(25)23(21)24(26)27/h5-6,8-9,17,19-20,25H,2-4,7,10-16,18H2,1H3,(H,26,27). The van der Waals surface area contributed by atoms with Gasteiger partial charge >= 0.3 is 5.97 Å². The number of hydrogen-bond acceptors (Lipinski definition) is 2. The van der Waals surface area contributed by atoms with Crippen LogP contribution in [0.2, 0.25) is 0 Å². The summed E-state index contributed by atoms with van der Waals surface area (Å²) in [7, 11) is 0. The summed E-state index contributed by atoms with van der Waals surface area (Å²) in [5.41, 5.74) is 0.792. The Kier molecular flexibility index (Phi) is 12.8. The van der Waals surface area contributed by atoms with Crippen molar-refractivity contribution in [3.8, 4) is 5.75 Å². The van der Waals surface area contributed by atoms with Crippen molar-refractivity contribution in [2.75, 3.05) is 0 Å². The molecular formula is C24H36O3. The number of hydrogen-bond donors (Lipinski definition) is 2. The van der Waals surface area contributed by atoms with Crippen LogP contribution in [0.4, 0.5) is 0 Å². The van der Waals surface area contributed by atoms with Gasteiger partial charge in [-0.25, -0.2) is 4.79 Å². The topological polar surface area (TPSA) is 57.5 Å². The molecule has 0 saturated carbocycles. The predicted molar refractivity (Wildman–Crippen MR) is 114 cm³/mol. The van der Waals surface area contributed by atoms with Crippen LogP contribution >= 0.6 is 0 Å². The van der Waals surface area contributed by atoms with Crippen LogP contribution in [-0.4, -0.2) is 16.2 Å². The van der Waals surface area contributed by atoms with Crippen LogP contribution < -0.4 is 0 Å². The molecule has 0 heterocycles. The van der Waals surface area contributed by atoms with Gasteiger partial charge < -0.3 is 10.2 Å². The monoisotopic (exact) mass is 372 g/mol. The number of unbranched alkanes of at least 4 members (excludes halogenated alkanes) is 8. The molecule has 150 valence electrons. The number of aromatic hydroxyl groups is 1. The lowest BCUT2D eigenvalue weighted by Gasteiger charge is -2.07. The van der Waals surface area contributed by atoms with Gasteiger partial charge in [-0.1, -0.05) is 81.9 Å². The van der Waals surface area contributed by atoms with Crippen molar-refractivity contribution in [2.24, 2.45) is 0 Å². The number of aromatic carboxylic acids is 1. The normalized spacial score (nSPS) is 11.6. The van der Waals surface area contributed by atoms with E-state index in [0.717, 1.165) is 31.2 Å². The third-order valence-corrected chi connectivity index (χ3v) is 4.74. The van der Waals surface area contributed by atoms with Crippen molar-refractivity contribution in [3.05, 3.63) is 53.6 Å². The predicted octanol–water partition coefficient (Wildman–Crippen LogP) is 7.06. The Morgan fingerprint density at radius 1 is 0.889 bits per heavy atom. The average molecular weight is 373 g/mol. The Morgan fingerprint density at radius 3 is 2.19 bits per heavy atom. The molecule has 0 radical (unpaired) electrons. The maximum absolute atomic E-state index is 11.2. The van der Waals surface area contributed by atoms with Gasteiger partial charge in [-0.15, -0.1) is 0 Å². The zero-order valence-corrected chi connectivity index (χ0v) is 16.8. The SMILES string of the molecule is CCCCC=CCC=CCCCCCCCCc1cccc(O)c1C(=O)O. The Hall–Kier alpha value is -2.03. The fourth-order valence-corrected chi connectivity index (χ4v) is 3.16. The summed E-state index contributed by atoms with van der Waals surface area (Å²) in [6.07, 6.45) is 22.8. The van der Waals surface area contributed by atoms with Gasteiger partial charge in [-0.3, -0.25) is 0 Å². The molecule has 0 atom stereocenters. The van der Waals surface area contributed by atoms with Crippen molar-refractivity contribution in [1.29, 1.82) is 0 Å². The van der Waals surface area contributed by atoms with Gasteiger partial charge in [0.1, 0.15) is 11.3 Å². The summed E-state index contributed by atoms with van der Waals surface area (Å²) in [5, 5.41) is 18.9. The van der Waals surface area contributed by atoms with Crippen LogP contribution in [0.5, 0.6) is 5.75 Å². The second-order valence-electron chi connectivity index (χ2n) is 7.10. The van der Waals surface area contributed by atoms with Crippen LogP contribution in [0.1, 0.15) is 93.5 Å². The molecule has 1 aromatic carbocycles. The molecule has 0 fully saturated rings. The van der Waals surface area contributed by atoms with E-state index in [1.807, 2.05) is 0 Å². The fourth-order valence-electron chi connectivity index (χ4n) is 3.16. The third-order valence-electron chi connectivity index (χ3n) is 4.74. The molecule has 3 heteroatoms. The number of benzene rings is 1. The van der Waals surface area contributed by atoms with Crippen molar-refractivity contribution in [2.45, 2.75) is 84.0 Å². The largest absolute Gasteiger partial charge is 0.507 e. The summed E-state index contributed by atoms with van der Waals surface area (Å²) in [6.45, 7) is 2.22. The van der Waals surface area contributed by atoms with Crippen molar-refractivity contribution < 1.29 is 15.0 Å². The molecule has 0 spiro atoms. The minimum absolute atomic E-state index is 0.0597. The zero-order valence-electron chi connectivity index (χ0n) is 16.8. The van der Waals surface area contributed by atoms with Gasteiger partial charge in [0.15, 0.2) is 0 Å². The molecule has 0 bridgehead atoms. The Balaban J connectivity index is 2.03. The second-order valence-corrected chi connectivity index (χ2v) is 7.10. The summed E-state index contributed by atoms with van der Waals surface area (Å²) in [5.74, 6) is -1.18. The number of carboxylic acids is 1. The first kappa shape index (κ1) is 23.0. The van der Waals surface area contributed by atoms with Gasteiger partial charge in [0.05, 0.1) is 0 Å². The Labute approximate surface area is 164 Å². The van der Waals surface area contributed by atoms with E-state index in [1.54, 1.807) is 12.1 Å². The number of rotatable bonds is 15. The molecule has 0 aliphatic rings. The van der Waals surface area contributed by atoms with Gasteiger partial charge in [-0.2, -0.15) is 0 Å². The molecule has 0 aromatic heterocycles. The summed E-state index contributed by atoms with van der Waals surface area (Å²) in [6, 6.07) is 4.95.